The van der Waals surface area contributed by atoms with Gasteiger partial charge in [-0.3, -0.25) is 4.79 Å². The van der Waals surface area contributed by atoms with E-state index in [0.717, 1.165) is 44.5 Å². The van der Waals surface area contributed by atoms with E-state index in [1.807, 2.05) is 0 Å². The molecule has 0 bridgehead atoms. The van der Waals surface area contributed by atoms with Crippen molar-refractivity contribution in [3.05, 3.63) is 29.8 Å². The normalized spacial score (nSPS) is 16.1. The molecular weight excluding hydrogens is 269 g/mol. The lowest BCUT2D eigenvalue weighted by Gasteiger charge is -2.26. The summed E-state index contributed by atoms with van der Waals surface area (Å²) in [5, 5.41) is 2.86. The van der Waals surface area contributed by atoms with Gasteiger partial charge in [0.2, 0.25) is 5.91 Å². The third-order valence-corrected chi connectivity index (χ3v) is 3.36. The largest absolute Gasteiger partial charge is 0.416 e. The lowest BCUT2D eigenvalue weighted by atomic mass is 10.1. The fraction of sp³-hybridized carbons (Fsp3) is 0.500. The third kappa shape index (κ3) is 3.88. The number of nitrogens with one attached hydrogen (secondary N) is 1. The lowest BCUT2D eigenvalue weighted by Crippen LogP contribution is -2.39. The van der Waals surface area contributed by atoms with E-state index in [2.05, 4.69) is 5.32 Å². The summed E-state index contributed by atoms with van der Waals surface area (Å²) in [6.45, 7) is 1.66. The number of carbonyl (C=O) groups excluding carboxylic acids is 1. The Labute approximate surface area is 115 Å². The van der Waals surface area contributed by atoms with Crippen molar-refractivity contribution in [1.82, 2.24) is 4.90 Å². The number of anilines is 1. The van der Waals surface area contributed by atoms with Gasteiger partial charge in [0, 0.05) is 18.8 Å². The van der Waals surface area contributed by atoms with Gasteiger partial charge in [-0.05, 0) is 43.5 Å². The molecule has 1 aliphatic heterocycles. The molecule has 2 rings (SSSR count). The van der Waals surface area contributed by atoms with Crippen LogP contribution in [-0.2, 0) is 11.0 Å². The summed E-state index contributed by atoms with van der Waals surface area (Å²) in [6.07, 6.45) is -1.14. The Bertz CT molecular complexity index is 450. The number of alkyl halides is 3. The number of nitrogens with zero attached hydrogens (tertiary/aromatic N) is 1. The van der Waals surface area contributed by atoms with Crippen molar-refractivity contribution in [2.45, 2.75) is 25.4 Å². The first-order valence-electron chi connectivity index (χ1n) is 6.66. The van der Waals surface area contributed by atoms with Crippen LogP contribution in [0.4, 0.5) is 18.9 Å². The van der Waals surface area contributed by atoms with E-state index in [0.29, 0.717) is 5.69 Å². The molecule has 1 heterocycles. The Kier molecular flexibility index (Phi) is 4.52. The number of rotatable bonds is 3. The van der Waals surface area contributed by atoms with Crippen molar-refractivity contribution in [3.63, 3.8) is 0 Å². The van der Waals surface area contributed by atoms with E-state index in [-0.39, 0.29) is 12.5 Å². The molecule has 1 aliphatic rings. The number of hydrogen-bond donors (Lipinski definition) is 1. The number of halogens is 3. The van der Waals surface area contributed by atoms with Crippen molar-refractivity contribution in [3.8, 4) is 0 Å². The first-order chi connectivity index (χ1) is 9.47. The molecule has 3 nitrogen and oxygen atoms in total. The molecule has 1 N–H and O–H groups in total. The number of likely N-dealkylation sites (tertiary alicyclic amines) is 1. The highest BCUT2D eigenvalue weighted by atomic mass is 19.4. The molecule has 0 spiro atoms. The van der Waals surface area contributed by atoms with E-state index in [1.165, 1.54) is 12.1 Å². The zero-order valence-corrected chi connectivity index (χ0v) is 11.0. The molecule has 1 aromatic rings. The summed E-state index contributed by atoms with van der Waals surface area (Å²) in [7, 11) is 0. The molecule has 6 heteroatoms. The van der Waals surface area contributed by atoms with Crippen LogP contribution in [0.5, 0.6) is 0 Å². The standard InChI is InChI=1S/C14H17F3N2O/c15-14(16,17)11-4-6-12(7-5-11)18-10-13(20)19-8-2-1-3-9-19/h4-7,18H,1-3,8-10H2. The summed E-state index contributed by atoms with van der Waals surface area (Å²) in [6, 6.07) is 4.69. The SMILES string of the molecule is O=C(CNc1ccc(C(F)(F)F)cc1)N1CCCCC1. The minimum Gasteiger partial charge on any atom is -0.376 e. The number of carbonyl (C=O) groups is 1. The lowest BCUT2D eigenvalue weighted by molar-refractivity contribution is -0.137. The number of piperidine rings is 1. The Morgan fingerprint density at radius 3 is 2.25 bits per heavy atom. The second-order valence-electron chi connectivity index (χ2n) is 4.87. The predicted molar refractivity (Wildman–Crippen MR) is 70.4 cm³/mol. The summed E-state index contributed by atoms with van der Waals surface area (Å²) in [5.74, 6) is -0.00963. The Morgan fingerprint density at radius 1 is 1.10 bits per heavy atom. The first-order valence-corrected chi connectivity index (χ1v) is 6.66. The summed E-state index contributed by atoms with van der Waals surface area (Å²) in [5.41, 5.74) is -0.172. The number of benzene rings is 1. The van der Waals surface area contributed by atoms with Crippen LogP contribution in [0.25, 0.3) is 0 Å². The average molecular weight is 286 g/mol. The maximum absolute atomic E-state index is 12.4. The van der Waals surface area contributed by atoms with Crippen molar-refractivity contribution >= 4 is 11.6 Å². The second-order valence-corrected chi connectivity index (χ2v) is 4.87. The third-order valence-electron chi connectivity index (χ3n) is 3.36. The van der Waals surface area contributed by atoms with Gasteiger partial charge in [0.25, 0.3) is 0 Å². The summed E-state index contributed by atoms with van der Waals surface area (Å²) < 4.78 is 37.2. The van der Waals surface area contributed by atoms with Crippen LogP contribution < -0.4 is 5.32 Å². The molecule has 1 saturated heterocycles. The average Bonchev–Trinajstić information content (AvgIpc) is 2.45. The van der Waals surface area contributed by atoms with Crippen molar-refractivity contribution < 1.29 is 18.0 Å². The van der Waals surface area contributed by atoms with Gasteiger partial charge in [0.05, 0.1) is 12.1 Å². The van der Waals surface area contributed by atoms with Gasteiger partial charge in [-0.25, -0.2) is 0 Å². The van der Waals surface area contributed by atoms with E-state index in [1.54, 1.807) is 4.90 Å². The molecule has 1 fully saturated rings. The van der Waals surface area contributed by atoms with Gasteiger partial charge in [0.1, 0.15) is 0 Å². The molecule has 0 aliphatic carbocycles. The van der Waals surface area contributed by atoms with E-state index in [9.17, 15) is 18.0 Å². The molecule has 20 heavy (non-hydrogen) atoms. The Morgan fingerprint density at radius 2 is 1.70 bits per heavy atom. The fourth-order valence-corrected chi connectivity index (χ4v) is 2.21. The summed E-state index contributed by atoms with van der Waals surface area (Å²) >= 11 is 0. The molecule has 0 atom stereocenters. The first kappa shape index (κ1) is 14.7. The monoisotopic (exact) mass is 286 g/mol. The highest BCUT2D eigenvalue weighted by Crippen LogP contribution is 2.29. The molecule has 0 aromatic heterocycles. The molecular formula is C14H17F3N2O. The van der Waals surface area contributed by atoms with Crippen molar-refractivity contribution in [1.29, 1.82) is 0 Å². The fourth-order valence-electron chi connectivity index (χ4n) is 2.21. The van der Waals surface area contributed by atoms with Gasteiger partial charge in [0.15, 0.2) is 0 Å². The minimum absolute atomic E-state index is 0.00963. The van der Waals surface area contributed by atoms with Crippen LogP contribution in [0.1, 0.15) is 24.8 Å². The van der Waals surface area contributed by atoms with Gasteiger partial charge in [-0.2, -0.15) is 13.2 Å². The van der Waals surface area contributed by atoms with E-state index in [4.69, 9.17) is 0 Å². The van der Waals surface area contributed by atoms with E-state index < -0.39 is 11.7 Å². The van der Waals surface area contributed by atoms with Gasteiger partial charge < -0.3 is 10.2 Å². The van der Waals surface area contributed by atoms with Crippen LogP contribution in [0.15, 0.2) is 24.3 Å². The Balaban J connectivity index is 1.86. The van der Waals surface area contributed by atoms with Crippen LogP contribution in [0.2, 0.25) is 0 Å². The van der Waals surface area contributed by atoms with Crippen LogP contribution in [0, 0.1) is 0 Å². The van der Waals surface area contributed by atoms with E-state index >= 15 is 0 Å². The number of hydrogen-bond acceptors (Lipinski definition) is 2. The van der Waals surface area contributed by atoms with Gasteiger partial charge in [-0.1, -0.05) is 0 Å². The summed E-state index contributed by atoms with van der Waals surface area (Å²) in [4.78, 5) is 13.7. The Hall–Kier alpha value is -1.72. The maximum atomic E-state index is 12.4. The predicted octanol–water partition coefficient (Wildman–Crippen LogP) is 3.13. The highest BCUT2D eigenvalue weighted by Gasteiger charge is 2.29. The van der Waals surface area contributed by atoms with Crippen LogP contribution in [0.3, 0.4) is 0 Å². The molecule has 1 amide bonds. The molecule has 0 radical (unpaired) electrons. The molecule has 0 unspecified atom stereocenters. The van der Waals surface area contributed by atoms with Crippen LogP contribution >= 0.6 is 0 Å². The quantitative estimate of drug-likeness (QED) is 0.926. The maximum Gasteiger partial charge on any atom is 0.416 e. The molecule has 0 saturated carbocycles. The van der Waals surface area contributed by atoms with Crippen molar-refractivity contribution in [2.24, 2.45) is 0 Å². The highest BCUT2D eigenvalue weighted by molar-refractivity contribution is 5.80. The second kappa shape index (κ2) is 6.15. The smallest absolute Gasteiger partial charge is 0.376 e. The van der Waals surface area contributed by atoms with Gasteiger partial charge >= 0.3 is 6.18 Å². The number of amides is 1. The van der Waals surface area contributed by atoms with Crippen LogP contribution in [-0.4, -0.2) is 30.4 Å². The minimum atomic E-state index is -4.33. The molecule has 1 aromatic carbocycles. The topological polar surface area (TPSA) is 32.3 Å². The zero-order chi connectivity index (χ0) is 14.6. The van der Waals surface area contributed by atoms with Crippen molar-refractivity contribution in [2.75, 3.05) is 25.0 Å². The van der Waals surface area contributed by atoms with Gasteiger partial charge in [-0.15, -0.1) is 0 Å². The zero-order valence-electron chi connectivity index (χ0n) is 11.0. The molecule has 110 valence electrons.